The Morgan fingerprint density at radius 2 is 1.60 bits per heavy atom. The molecule has 0 bridgehead atoms. The highest BCUT2D eigenvalue weighted by Gasteiger charge is 2.23. The molecule has 0 saturated carbocycles. The Morgan fingerprint density at radius 1 is 0.900 bits per heavy atom. The first-order chi connectivity index (χ1) is 19.2. The molecule has 2 amide bonds. The number of carbonyl (C=O) groups excluding carboxylic acids is 2. The number of halogens is 2. The number of aromatic amines is 1. The van der Waals surface area contributed by atoms with E-state index in [1.165, 1.54) is 4.90 Å². The Balaban J connectivity index is 1.56. The Morgan fingerprint density at radius 3 is 2.27 bits per heavy atom. The molecule has 1 heterocycles. The normalized spacial score (nSPS) is 11.0. The van der Waals surface area contributed by atoms with Crippen molar-refractivity contribution in [2.45, 2.75) is 13.0 Å². The van der Waals surface area contributed by atoms with E-state index in [0.717, 1.165) is 27.7 Å². The molecule has 1 aromatic heterocycles. The van der Waals surface area contributed by atoms with Crippen LogP contribution in [0.4, 0.5) is 5.69 Å². The van der Waals surface area contributed by atoms with Gasteiger partial charge in [0.2, 0.25) is 5.91 Å². The van der Waals surface area contributed by atoms with Crippen LogP contribution in [-0.4, -0.2) is 74.0 Å². The summed E-state index contributed by atoms with van der Waals surface area (Å²) in [5, 5.41) is 1.85. The standard InChI is InChI=1S/C31H34Cl2N4O3/c1-35(2)27-10-8-22(9-11-27)20-36(13-12-23-19-34-29-7-5-4-6-28(23)29)30(38)21-37(14-15-40-3)31(39)24-16-25(32)18-26(33)17-24/h4-11,16-19,34H,12-15,20-21H2,1-3H3. The summed E-state index contributed by atoms with van der Waals surface area (Å²) in [4.78, 5) is 35.9. The second-order valence-corrected chi connectivity index (χ2v) is 10.7. The third-order valence-electron chi connectivity index (χ3n) is 6.79. The van der Waals surface area contributed by atoms with Crippen molar-refractivity contribution in [3.8, 4) is 0 Å². The van der Waals surface area contributed by atoms with Gasteiger partial charge >= 0.3 is 0 Å². The van der Waals surface area contributed by atoms with E-state index in [0.29, 0.717) is 35.1 Å². The van der Waals surface area contributed by atoms with Crippen molar-refractivity contribution in [3.05, 3.63) is 99.7 Å². The number of carbonyl (C=O) groups is 2. The van der Waals surface area contributed by atoms with E-state index in [1.807, 2.05) is 72.6 Å². The monoisotopic (exact) mass is 580 g/mol. The number of hydrogen-bond donors (Lipinski definition) is 1. The molecule has 0 saturated heterocycles. The SMILES string of the molecule is COCCN(CC(=O)N(CCc1c[nH]c2ccccc12)Cc1ccc(N(C)C)cc1)C(=O)c1cc(Cl)cc(Cl)c1. The number of methoxy groups -OCH3 is 1. The van der Waals surface area contributed by atoms with E-state index in [9.17, 15) is 9.59 Å². The van der Waals surface area contributed by atoms with Crippen LogP contribution in [0.25, 0.3) is 10.9 Å². The molecule has 0 aliphatic carbocycles. The summed E-state index contributed by atoms with van der Waals surface area (Å²) in [6.45, 7) is 1.35. The maximum atomic E-state index is 13.8. The second-order valence-electron chi connectivity index (χ2n) is 9.86. The lowest BCUT2D eigenvalue weighted by atomic mass is 10.1. The molecule has 0 unspecified atom stereocenters. The number of nitrogens with zero attached hydrogens (tertiary/aromatic N) is 3. The zero-order valence-corrected chi connectivity index (χ0v) is 24.5. The molecule has 0 spiro atoms. The van der Waals surface area contributed by atoms with Gasteiger partial charge in [-0.3, -0.25) is 9.59 Å². The van der Waals surface area contributed by atoms with Gasteiger partial charge in [-0.25, -0.2) is 0 Å². The van der Waals surface area contributed by atoms with Crippen LogP contribution in [-0.2, 0) is 22.5 Å². The number of H-pyrrole nitrogens is 1. The van der Waals surface area contributed by atoms with Crippen LogP contribution < -0.4 is 4.90 Å². The zero-order valence-electron chi connectivity index (χ0n) is 23.0. The first-order valence-electron chi connectivity index (χ1n) is 13.1. The fourth-order valence-corrected chi connectivity index (χ4v) is 5.11. The van der Waals surface area contributed by atoms with E-state index >= 15 is 0 Å². The second kappa shape index (κ2) is 13.7. The average Bonchev–Trinajstić information content (AvgIpc) is 3.35. The summed E-state index contributed by atoms with van der Waals surface area (Å²) >= 11 is 12.3. The Kier molecular flexibility index (Phi) is 10.1. The lowest BCUT2D eigenvalue weighted by Crippen LogP contribution is -2.44. The van der Waals surface area contributed by atoms with Crippen molar-refractivity contribution >= 4 is 51.6 Å². The number of amides is 2. The molecular formula is C31H34Cl2N4O3. The highest BCUT2D eigenvalue weighted by molar-refractivity contribution is 6.35. The molecule has 9 heteroatoms. The zero-order chi connectivity index (χ0) is 28.6. The number of fused-ring (bicyclic) bond motifs is 1. The third-order valence-corrected chi connectivity index (χ3v) is 7.23. The molecule has 0 radical (unpaired) electrons. The number of aromatic nitrogens is 1. The topological polar surface area (TPSA) is 68.9 Å². The molecule has 210 valence electrons. The van der Waals surface area contributed by atoms with Gasteiger partial charge in [0, 0.05) is 79.2 Å². The minimum Gasteiger partial charge on any atom is -0.383 e. The Bertz CT molecular complexity index is 1430. The Labute approximate surface area is 245 Å². The molecule has 4 aromatic rings. The van der Waals surface area contributed by atoms with Gasteiger partial charge in [0.15, 0.2) is 0 Å². The van der Waals surface area contributed by atoms with Crippen LogP contribution in [0, 0.1) is 0 Å². The number of anilines is 1. The number of benzene rings is 3. The van der Waals surface area contributed by atoms with E-state index in [-0.39, 0.29) is 31.5 Å². The van der Waals surface area contributed by atoms with Crippen molar-refractivity contribution in [2.75, 3.05) is 52.3 Å². The first kappa shape index (κ1) is 29.5. The van der Waals surface area contributed by atoms with Gasteiger partial charge in [-0.15, -0.1) is 0 Å². The number of nitrogens with one attached hydrogen (secondary N) is 1. The Hall–Kier alpha value is -3.52. The number of rotatable bonds is 12. The van der Waals surface area contributed by atoms with E-state index in [1.54, 1.807) is 25.3 Å². The van der Waals surface area contributed by atoms with Gasteiger partial charge in [-0.2, -0.15) is 0 Å². The summed E-state index contributed by atoms with van der Waals surface area (Å²) in [6, 6.07) is 20.9. The average molecular weight is 582 g/mol. The smallest absolute Gasteiger partial charge is 0.254 e. The number of hydrogen-bond acceptors (Lipinski definition) is 4. The van der Waals surface area contributed by atoms with Gasteiger partial charge in [0.25, 0.3) is 5.91 Å². The maximum absolute atomic E-state index is 13.8. The van der Waals surface area contributed by atoms with Crippen molar-refractivity contribution in [1.29, 1.82) is 0 Å². The molecule has 0 aliphatic rings. The molecule has 0 atom stereocenters. The van der Waals surface area contributed by atoms with Gasteiger partial charge in [0.05, 0.1) is 6.61 Å². The van der Waals surface area contributed by atoms with Crippen molar-refractivity contribution in [1.82, 2.24) is 14.8 Å². The predicted molar refractivity (Wildman–Crippen MR) is 162 cm³/mol. The van der Waals surface area contributed by atoms with Gasteiger partial charge in [0.1, 0.15) is 6.54 Å². The molecule has 0 fully saturated rings. The van der Waals surface area contributed by atoms with Crippen molar-refractivity contribution < 1.29 is 14.3 Å². The highest BCUT2D eigenvalue weighted by Crippen LogP contribution is 2.22. The summed E-state index contributed by atoms with van der Waals surface area (Å²) in [5.41, 5.74) is 4.61. The minimum absolute atomic E-state index is 0.101. The van der Waals surface area contributed by atoms with Crippen LogP contribution in [0.15, 0.2) is 72.9 Å². The van der Waals surface area contributed by atoms with Crippen LogP contribution in [0.5, 0.6) is 0 Å². The molecule has 1 N–H and O–H groups in total. The highest BCUT2D eigenvalue weighted by atomic mass is 35.5. The number of para-hydroxylation sites is 1. The van der Waals surface area contributed by atoms with E-state index < -0.39 is 0 Å². The van der Waals surface area contributed by atoms with E-state index in [2.05, 4.69) is 11.1 Å². The molecule has 3 aromatic carbocycles. The molecular weight excluding hydrogens is 547 g/mol. The van der Waals surface area contributed by atoms with Crippen LogP contribution in [0.3, 0.4) is 0 Å². The van der Waals surface area contributed by atoms with E-state index in [4.69, 9.17) is 27.9 Å². The summed E-state index contributed by atoms with van der Waals surface area (Å²) in [6.07, 6.45) is 2.66. The van der Waals surface area contributed by atoms with Gasteiger partial charge in [-0.1, -0.05) is 53.5 Å². The maximum Gasteiger partial charge on any atom is 0.254 e. The van der Waals surface area contributed by atoms with Gasteiger partial charge < -0.3 is 24.4 Å². The first-order valence-corrected chi connectivity index (χ1v) is 13.8. The number of ether oxygens (including phenoxy) is 1. The van der Waals surface area contributed by atoms with Crippen molar-refractivity contribution in [2.24, 2.45) is 0 Å². The summed E-state index contributed by atoms with van der Waals surface area (Å²) in [5.74, 6) is -0.490. The molecule has 0 aliphatic heterocycles. The van der Waals surface area contributed by atoms with Crippen LogP contribution in [0.1, 0.15) is 21.5 Å². The lowest BCUT2D eigenvalue weighted by Gasteiger charge is -2.28. The van der Waals surface area contributed by atoms with Gasteiger partial charge in [-0.05, 0) is 53.9 Å². The fraction of sp³-hybridized carbons (Fsp3) is 0.290. The largest absolute Gasteiger partial charge is 0.383 e. The summed E-state index contributed by atoms with van der Waals surface area (Å²) < 4.78 is 5.23. The summed E-state index contributed by atoms with van der Waals surface area (Å²) in [7, 11) is 5.54. The molecule has 4 rings (SSSR count). The van der Waals surface area contributed by atoms with Crippen LogP contribution in [0.2, 0.25) is 10.0 Å². The van der Waals surface area contributed by atoms with Crippen LogP contribution >= 0.6 is 23.2 Å². The minimum atomic E-state index is -0.332. The third kappa shape index (κ3) is 7.56. The predicted octanol–water partition coefficient (Wildman–Crippen LogP) is 5.90. The lowest BCUT2D eigenvalue weighted by molar-refractivity contribution is -0.132. The quantitative estimate of drug-likeness (QED) is 0.226. The van der Waals surface area contributed by atoms with Crippen molar-refractivity contribution in [3.63, 3.8) is 0 Å². The fourth-order valence-electron chi connectivity index (χ4n) is 4.58. The molecule has 7 nitrogen and oxygen atoms in total. The molecule has 40 heavy (non-hydrogen) atoms.